The van der Waals surface area contributed by atoms with Crippen LogP contribution < -0.4 is 10.5 Å². The van der Waals surface area contributed by atoms with Crippen LogP contribution in [0.2, 0.25) is 0 Å². The van der Waals surface area contributed by atoms with Gasteiger partial charge in [-0.15, -0.1) is 0 Å². The van der Waals surface area contributed by atoms with Crippen LogP contribution in [-0.4, -0.2) is 26.6 Å². The molecule has 0 unspecified atom stereocenters. The van der Waals surface area contributed by atoms with E-state index < -0.39 is 10.0 Å². The van der Waals surface area contributed by atoms with Gasteiger partial charge in [0.2, 0.25) is 10.0 Å². The summed E-state index contributed by atoms with van der Waals surface area (Å²) in [6, 6.07) is 0. The van der Waals surface area contributed by atoms with Crippen molar-refractivity contribution in [2.24, 2.45) is 11.1 Å². The third kappa shape index (κ3) is 9.92. The molecule has 0 saturated heterocycles. The molecule has 0 saturated carbocycles. The van der Waals surface area contributed by atoms with Crippen molar-refractivity contribution >= 4 is 15.9 Å². The molecule has 6 heteroatoms. The number of hydrogen-bond acceptors (Lipinski definition) is 3. The van der Waals surface area contributed by atoms with E-state index in [-0.39, 0.29) is 17.0 Å². The first-order valence-electron chi connectivity index (χ1n) is 5.43. The van der Waals surface area contributed by atoms with E-state index in [4.69, 9.17) is 11.1 Å². The van der Waals surface area contributed by atoms with Gasteiger partial charge in [-0.05, 0) is 18.3 Å². The topological polar surface area (TPSA) is 96.0 Å². The molecule has 4 N–H and O–H groups in total. The van der Waals surface area contributed by atoms with Crippen molar-refractivity contribution in [3.8, 4) is 0 Å². The average Bonchev–Trinajstić information content (AvgIpc) is 1.97. The van der Waals surface area contributed by atoms with Crippen molar-refractivity contribution in [3.05, 3.63) is 0 Å². The van der Waals surface area contributed by atoms with Gasteiger partial charge in [-0.1, -0.05) is 20.8 Å². The monoisotopic (exact) mass is 249 g/mol. The maximum atomic E-state index is 11.6. The van der Waals surface area contributed by atoms with Gasteiger partial charge >= 0.3 is 0 Å². The lowest BCUT2D eigenvalue weighted by molar-refractivity contribution is 0.457. The molecule has 0 aliphatic rings. The fraction of sp³-hybridized carbons (Fsp3) is 0.900. The van der Waals surface area contributed by atoms with Crippen molar-refractivity contribution in [3.63, 3.8) is 0 Å². The first-order chi connectivity index (χ1) is 7.12. The Morgan fingerprint density at radius 1 is 1.31 bits per heavy atom. The van der Waals surface area contributed by atoms with Crippen molar-refractivity contribution in [2.75, 3.05) is 12.3 Å². The standard InChI is InChI=1S/C10H23N3O2S/c1-10(2,3)8-16(14,15)13-7-5-4-6-9(11)12/h13H,4-8H2,1-3H3,(H3,11,12). The second-order valence-corrected chi connectivity index (χ2v) is 7.00. The van der Waals surface area contributed by atoms with Crippen molar-refractivity contribution in [2.45, 2.75) is 40.0 Å². The summed E-state index contributed by atoms with van der Waals surface area (Å²) in [5.74, 6) is 0.282. The summed E-state index contributed by atoms with van der Waals surface area (Å²) in [4.78, 5) is 0. The Kier molecular flexibility index (Phi) is 5.96. The number of rotatable bonds is 7. The molecule has 0 bridgehead atoms. The Bertz CT molecular complexity index is 317. The van der Waals surface area contributed by atoms with Gasteiger partial charge in [-0.2, -0.15) is 0 Å². The molecule has 0 spiro atoms. The highest BCUT2D eigenvalue weighted by Gasteiger charge is 2.20. The molecular weight excluding hydrogens is 226 g/mol. The van der Waals surface area contributed by atoms with E-state index in [9.17, 15) is 8.42 Å². The smallest absolute Gasteiger partial charge is 0.212 e. The number of amidine groups is 1. The van der Waals surface area contributed by atoms with Crippen LogP contribution in [0.1, 0.15) is 40.0 Å². The Morgan fingerprint density at radius 2 is 1.88 bits per heavy atom. The Labute approximate surface area is 98.4 Å². The van der Waals surface area contributed by atoms with Gasteiger partial charge in [0, 0.05) is 13.0 Å². The SMILES string of the molecule is CC(C)(C)CS(=O)(=O)NCCCCC(=N)N. The van der Waals surface area contributed by atoms with Gasteiger partial charge in [-0.3, -0.25) is 5.41 Å². The summed E-state index contributed by atoms with van der Waals surface area (Å²) in [5, 5.41) is 7.01. The number of hydrogen-bond donors (Lipinski definition) is 3. The lowest BCUT2D eigenvalue weighted by atomic mass is 10.0. The zero-order chi connectivity index (χ0) is 12.8. The molecule has 0 amide bonds. The molecule has 0 heterocycles. The minimum atomic E-state index is -3.17. The highest BCUT2D eigenvalue weighted by atomic mass is 32.2. The molecule has 0 aliphatic heterocycles. The number of unbranched alkanes of at least 4 members (excludes halogenated alkanes) is 1. The summed E-state index contributed by atoms with van der Waals surface area (Å²) in [6.45, 7) is 6.09. The summed E-state index contributed by atoms with van der Waals surface area (Å²) in [6.07, 6.45) is 1.98. The second kappa shape index (κ2) is 6.20. The van der Waals surface area contributed by atoms with Crippen molar-refractivity contribution in [1.82, 2.24) is 4.72 Å². The van der Waals surface area contributed by atoms with Crippen LogP contribution >= 0.6 is 0 Å². The van der Waals surface area contributed by atoms with Gasteiger partial charge in [0.25, 0.3) is 0 Å². The third-order valence-corrected chi connectivity index (χ3v) is 3.71. The van der Waals surface area contributed by atoms with Gasteiger partial charge in [-0.25, -0.2) is 13.1 Å². The maximum absolute atomic E-state index is 11.6. The fourth-order valence-electron chi connectivity index (χ4n) is 1.29. The Balaban J connectivity index is 3.80. The summed E-state index contributed by atoms with van der Waals surface area (Å²) in [7, 11) is -3.17. The molecule has 0 aliphatic carbocycles. The lowest BCUT2D eigenvalue weighted by Crippen LogP contribution is -2.33. The molecular formula is C10H23N3O2S. The highest BCUT2D eigenvalue weighted by Crippen LogP contribution is 2.15. The van der Waals surface area contributed by atoms with Gasteiger partial charge in [0.15, 0.2) is 0 Å². The number of nitrogens with two attached hydrogens (primary N) is 1. The van der Waals surface area contributed by atoms with Crippen LogP contribution in [-0.2, 0) is 10.0 Å². The van der Waals surface area contributed by atoms with E-state index in [2.05, 4.69) is 4.72 Å². The van der Waals surface area contributed by atoms with Crippen LogP contribution in [0.4, 0.5) is 0 Å². The highest BCUT2D eigenvalue weighted by molar-refractivity contribution is 7.89. The maximum Gasteiger partial charge on any atom is 0.212 e. The second-order valence-electron chi connectivity index (χ2n) is 5.20. The Hall–Kier alpha value is -0.620. The van der Waals surface area contributed by atoms with E-state index in [1.807, 2.05) is 20.8 Å². The molecule has 0 rings (SSSR count). The first kappa shape index (κ1) is 15.4. The number of sulfonamides is 1. The fourth-order valence-corrected chi connectivity index (χ4v) is 2.99. The molecule has 5 nitrogen and oxygen atoms in total. The average molecular weight is 249 g/mol. The summed E-state index contributed by atoms with van der Waals surface area (Å²) in [5.41, 5.74) is 4.96. The predicted octanol–water partition coefficient (Wildman–Crippen LogP) is 1.06. The van der Waals surface area contributed by atoms with Crippen molar-refractivity contribution < 1.29 is 8.42 Å². The third-order valence-electron chi connectivity index (χ3n) is 1.82. The molecule has 0 aromatic rings. The van der Waals surface area contributed by atoms with Crippen LogP contribution in [0.5, 0.6) is 0 Å². The first-order valence-corrected chi connectivity index (χ1v) is 7.08. The zero-order valence-electron chi connectivity index (χ0n) is 10.3. The molecule has 16 heavy (non-hydrogen) atoms. The quantitative estimate of drug-likeness (QED) is 0.357. The van der Waals surface area contributed by atoms with E-state index in [1.165, 1.54) is 0 Å². The van der Waals surface area contributed by atoms with E-state index >= 15 is 0 Å². The Morgan fingerprint density at radius 3 is 2.31 bits per heavy atom. The van der Waals surface area contributed by atoms with Crippen LogP contribution in [0.3, 0.4) is 0 Å². The summed E-state index contributed by atoms with van der Waals surface area (Å²) < 4.78 is 25.7. The van der Waals surface area contributed by atoms with E-state index in [1.54, 1.807) is 0 Å². The lowest BCUT2D eigenvalue weighted by Gasteiger charge is -2.18. The number of nitrogens with one attached hydrogen (secondary N) is 2. The largest absolute Gasteiger partial charge is 0.388 e. The molecule has 0 radical (unpaired) electrons. The zero-order valence-corrected chi connectivity index (χ0v) is 11.2. The predicted molar refractivity (Wildman–Crippen MR) is 67.0 cm³/mol. The van der Waals surface area contributed by atoms with Gasteiger partial charge in [0.05, 0.1) is 11.6 Å². The van der Waals surface area contributed by atoms with Crippen LogP contribution in [0.25, 0.3) is 0 Å². The van der Waals surface area contributed by atoms with E-state index in [0.29, 0.717) is 19.4 Å². The minimum absolute atomic E-state index is 0.132. The van der Waals surface area contributed by atoms with Crippen LogP contribution in [0.15, 0.2) is 0 Å². The normalized spacial score (nSPS) is 12.7. The molecule has 0 fully saturated rings. The van der Waals surface area contributed by atoms with Gasteiger partial charge < -0.3 is 5.73 Å². The van der Waals surface area contributed by atoms with Crippen molar-refractivity contribution in [1.29, 1.82) is 5.41 Å². The van der Waals surface area contributed by atoms with E-state index in [0.717, 1.165) is 6.42 Å². The minimum Gasteiger partial charge on any atom is -0.388 e. The summed E-state index contributed by atoms with van der Waals surface area (Å²) >= 11 is 0. The van der Waals surface area contributed by atoms with Gasteiger partial charge in [0.1, 0.15) is 0 Å². The molecule has 0 aromatic heterocycles. The molecule has 0 aromatic carbocycles. The van der Waals surface area contributed by atoms with Crippen LogP contribution in [0, 0.1) is 10.8 Å². The molecule has 0 atom stereocenters. The molecule has 96 valence electrons.